The molecule has 2 rings (SSSR count). The van der Waals surface area contributed by atoms with Crippen LogP contribution in [-0.4, -0.2) is 27.2 Å². The second-order valence-corrected chi connectivity index (χ2v) is 4.81. The summed E-state index contributed by atoms with van der Waals surface area (Å²) in [6.07, 6.45) is 4.29. The van der Waals surface area contributed by atoms with Crippen molar-refractivity contribution in [1.82, 2.24) is 20.1 Å². The first-order valence-electron chi connectivity index (χ1n) is 5.59. The summed E-state index contributed by atoms with van der Waals surface area (Å²) in [5.41, 5.74) is 6.85. The Morgan fingerprint density at radius 3 is 3.00 bits per heavy atom. The van der Waals surface area contributed by atoms with Gasteiger partial charge in [0.05, 0.1) is 11.2 Å². The molecule has 6 nitrogen and oxygen atoms in total. The van der Waals surface area contributed by atoms with Gasteiger partial charge in [-0.05, 0) is 6.54 Å². The maximum Gasteiger partial charge on any atom is 0.271 e. The molecular formula is C11H16ClN5OS. The molecule has 0 aliphatic rings. The molecule has 0 spiro atoms. The molecule has 0 aliphatic heterocycles. The van der Waals surface area contributed by atoms with Crippen molar-refractivity contribution in [2.24, 2.45) is 12.8 Å². The number of halogens is 1. The molecule has 19 heavy (non-hydrogen) atoms. The molecule has 2 aromatic rings. The van der Waals surface area contributed by atoms with Gasteiger partial charge in [-0.25, -0.2) is 4.98 Å². The maximum atomic E-state index is 11.8. The van der Waals surface area contributed by atoms with Crippen molar-refractivity contribution in [3.8, 4) is 0 Å². The monoisotopic (exact) mass is 301 g/mol. The van der Waals surface area contributed by atoms with E-state index in [1.807, 2.05) is 13.2 Å². The lowest BCUT2D eigenvalue weighted by Crippen LogP contribution is -2.23. The number of hydrogen-bond donors (Lipinski definition) is 2. The Hall–Kier alpha value is -1.44. The summed E-state index contributed by atoms with van der Waals surface area (Å²) >= 11 is 1.46. The first-order valence-corrected chi connectivity index (χ1v) is 6.47. The van der Waals surface area contributed by atoms with Crippen LogP contribution in [0.15, 0.2) is 17.8 Å². The molecule has 104 valence electrons. The average molecular weight is 302 g/mol. The highest BCUT2D eigenvalue weighted by molar-refractivity contribution is 7.09. The van der Waals surface area contributed by atoms with Gasteiger partial charge in [0.2, 0.25) is 0 Å². The van der Waals surface area contributed by atoms with Gasteiger partial charge in [-0.15, -0.1) is 23.7 Å². The number of aromatic nitrogens is 3. The number of nitrogens with zero attached hydrogens (tertiary/aromatic N) is 3. The summed E-state index contributed by atoms with van der Waals surface area (Å²) in [5, 5.41) is 9.48. The van der Waals surface area contributed by atoms with E-state index >= 15 is 0 Å². The van der Waals surface area contributed by atoms with Crippen LogP contribution in [0.25, 0.3) is 0 Å². The number of amides is 1. The van der Waals surface area contributed by atoms with E-state index in [9.17, 15) is 4.79 Å². The summed E-state index contributed by atoms with van der Waals surface area (Å²) in [6, 6.07) is 0. The van der Waals surface area contributed by atoms with Crippen LogP contribution in [0.5, 0.6) is 0 Å². The third kappa shape index (κ3) is 4.30. The van der Waals surface area contributed by atoms with Gasteiger partial charge in [0.1, 0.15) is 5.69 Å². The van der Waals surface area contributed by atoms with E-state index in [0.717, 1.165) is 10.6 Å². The van der Waals surface area contributed by atoms with Gasteiger partial charge in [-0.2, -0.15) is 5.10 Å². The molecule has 0 aliphatic carbocycles. The van der Waals surface area contributed by atoms with Crippen LogP contribution in [0.4, 0.5) is 0 Å². The van der Waals surface area contributed by atoms with Crippen LogP contribution in [-0.2, 0) is 20.0 Å². The van der Waals surface area contributed by atoms with Crippen molar-refractivity contribution in [1.29, 1.82) is 0 Å². The van der Waals surface area contributed by atoms with Gasteiger partial charge < -0.3 is 11.1 Å². The van der Waals surface area contributed by atoms with E-state index in [0.29, 0.717) is 25.2 Å². The summed E-state index contributed by atoms with van der Waals surface area (Å²) in [6.45, 7) is 1.00. The lowest BCUT2D eigenvalue weighted by Gasteiger charge is -2.00. The standard InChI is InChI=1S/C11H15N5OS.ClH/c1-16-6-8(5-14-16)4-13-11(17)9-7-18-10(15-9)2-3-12;/h5-7H,2-4,12H2,1H3,(H,13,17);1H. The topological polar surface area (TPSA) is 85.8 Å². The van der Waals surface area contributed by atoms with Gasteiger partial charge in [0.15, 0.2) is 0 Å². The van der Waals surface area contributed by atoms with Crippen molar-refractivity contribution >= 4 is 29.7 Å². The van der Waals surface area contributed by atoms with Crippen molar-refractivity contribution < 1.29 is 4.79 Å². The number of hydrogen-bond acceptors (Lipinski definition) is 5. The Bertz CT molecular complexity index is 539. The Kier molecular flexibility index (Phi) is 5.94. The molecule has 2 aromatic heterocycles. The highest BCUT2D eigenvalue weighted by atomic mass is 35.5. The average Bonchev–Trinajstić information content (AvgIpc) is 2.96. The molecule has 2 heterocycles. The van der Waals surface area contributed by atoms with Gasteiger partial charge in [0, 0.05) is 37.2 Å². The predicted octanol–water partition coefficient (Wildman–Crippen LogP) is 0.730. The number of carbonyl (C=O) groups excluding carboxylic acids is 1. The third-order valence-electron chi connectivity index (χ3n) is 2.35. The Labute approximate surface area is 121 Å². The summed E-state index contributed by atoms with van der Waals surface area (Å²) in [7, 11) is 1.84. The predicted molar refractivity (Wildman–Crippen MR) is 76.5 cm³/mol. The maximum absolute atomic E-state index is 11.8. The third-order valence-corrected chi connectivity index (χ3v) is 3.26. The molecule has 0 bridgehead atoms. The zero-order chi connectivity index (χ0) is 13.0. The van der Waals surface area contributed by atoms with E-state index in [-0.39, 0.29) is 18.3 Å². The normalized spacial score (nSPS) is 10.0. The molecule has 0 aromatic carbocycles. The summed E-state index contributed by atoms with van der Waals surface area (Å²) in [5.74, 6) is -0.168. The quantitative estimate of drug-likeness (QED) is 0.852. The Morgan fingerprint density at radius 1 is 1.58 bits per heavy atom. The van der Waals surface area contributed by atoms with Crippen LogP contribution >= 0.6 is 23.7 Å². The Morgan fingerprint density at radius 2 is 2.37 bits per heavy atom. The smallest absolute Gasteiger partial charge is 0.271 e. The minimum absolute atomic E-state index is 0. The number of thiazole rings is 1. The summed E-state index contributed by atoms with van der Waals surface area (Å²) < 4.78 is 1.70. The molecule has 8 heteroatoms. The molecule has 0 atom stereocenters. The van der Waals surface area contributed by atoms with E-state index in [1.165, 1.54) is 11.3 Å². The van der Waals surface area contributed by atoms with E-state index in [2.05, 4.69) is 15.4 Å². The SMILES string of the molecule is Cl.Cn1cc(CNC(=O)c2csc(CCN)n2)cn1. The van der Waals surface area contributed by atoms with Crippen LogP contribution in [0.2, 0.25) is 0 Å². The summed E-state index contributed by atoms with van der Waals surface area (Å²) in [4.78, 5) is 16.0. The number of carbonyl (C=O) groups is 1. The molecule has 3 N–H and O–H groups in total. The van der Waals surface area contributed by atoms with Gasteiger partial charge in [-0.3, -0.25) is 9.48 Å². The molecule has 0 saturated carbocycles. The van der Waals surface area contributed by atoms with Gasteiger partial charge >= 0.3 is 0 Å². The molecule has 0 unspecified atom stereocenters. The molecule has 1 amide bonds. The first-order chi connectivity index (χ1) is 8.69. The molecular weight excluding hydrogens is 286 g/mol. The number of rotatable bonds is 5. The zero-order valence-electron chi connectivity index (χ0n) is 10.5. The van der Waals surface area contributed by atoms with Crippen LogP contribution in [0, 0.1) is 0 Å². The fourth-order valence-corrected chi connectivity index (χ4v) is 2.28. The highest BCUT2D eigenvalue weighted by Crippen LogP contribution is 2.10. The van der Waals surface area contributed by atoms with E-state index in [4.69, 9.17) is 5.73 Å². The fraction of sp³-hybridized carbons (Fsp3) is 0.364. The van der Waals surface area contributed by atoms with E-state index < -0.39 is 0 Å². The van der Waals surface area contributed by atoms with Crippen LogP contribution in [0.3, 0.4) is 0 Å². The minimum Gasteiger partial charge on any atom is -0.346 e. The number of nitrogens with one attached hydrogen (secondary N) is 1. The van der Waals surface area contributed by atoms with Crippen molar-refractivity contribution in [3.63, 3.8) is 0 Å². The largest absolute Gasteiger partial charge is 0.346 e. The lowest BCUT2D eigenvalue weighted by atomic mass is 10.3. The molecule has 0 saturated heterocycles. The van der Waals surface area contributed by atoms with Gasteiger partial charge in [-0.1, -0.05) is 0 Å². The number of aryl methyl sites for hydroxylation is 1. The highest BCUT2D eigenvalue weighted by Gasteiger charge is 2.10. The van der Waals surface area contributed by atoms with Crippen molar-refractivity contribution in [2.75, 3.05) is 6.54 Å². The Balaban J connectivity index is 0.00000180. The van der Waals surface area contributed by atoms with Crippen LogP contribution < -0.4 is 11.1 Å². The lowest BCUT2D eigenvalue weighted by molar-refractivity contribution is 0.0946. The second kappa shape index (κ2) is 7.22. The van der Waals surface area contributed by atoms with Crippen LogP contribution in [0.1, 0.15) is 21.1 Å². The van der Waals surface area contributed by atoms with E-state index in [1.54, 1.807) is 16.3 Å². The molecule has 0 fully saturated rings. The van der Waals surface area contributed by atoms with Crippen molar-refractivity contribution in [3.05, 3.63) is 34.0 Å². The number of nitrogens with two attached hydrogens (primary N) is 1. The zero-order valence-corrected chi connectivity index (χ0v) is 12.1. The minimum atomic E-state index is -0.168. The van der Waals surface area contributed by atoms with Gasteiger partial charge in [0.25, 0.3) is 5.91 Å². The fourth-order valence-electron chi connectivity index (χ4n) is 1.49. The second-order valence-electron chi connectivity index (χ2n) is 3.87. The molecule has 0 radical (unpaired) electrons. The first kappa shape index (κ1) is 15.6. The van der Waals surface area contributed by atoms with Crippen molar-refractivity contribution in [2.45, 2.75) is 13.0 Å².